The molecule has 10 heteroatoms. The van der Waals surface area contributed by atoms with Crippen LogP contribution in [0.5, 0.6) is 0 Å². The summed E-state index contributed by atoms with van der Waals surface area (Å²) in [5.41, 5.74) is 11.7. The Morgan fingerprint density at radius 1 is 0.974 bits per heavy atom. The van der Waals surface area contributed by atoms with Crippen LogP contribution in [0.3, 0.4) is 0 Å². The Labute approximate surface area is 225 Å². The van der Waals surface area contributed by atoms with Gasteiger partial charge in [-0.15, -0.1) is 0 Å². The lowest BCUT2D eigenvalue weighted by atomic mass is 9.90. The zero-order valence-corrected chi connectivity index (χ0v) is 21.7. The van der Waals surface area contributed by atoms with E-state index in [0.29, 0.717) is 18.3 Å². The second-order valence-corrected chi connectivity index (χ2v) is 10.6. The number of aromatic nitrogens is 6. The van der Waals surface area contributed by atoms with Crippen LogP contribution in [0.25, 0.3) is 33.3 Å². The predicted molar refractivity (Wildman–Crippen MR) is 148 cm³/mol. The van der Waals surface area contributed by atoms with Gasteiger partial charge in [0.25, 0.3) is 0 Å². The van der Waals surface area contributed by atoms with Gasteiger partial charge in [-0.1, -0.05) is 18.2 Å². The molecule has 5 aromatic rings. The maximum absolute atomic E-state index is 13.3. The average Bonchev–Trinajstić information content (AvgIpc) is 3.56. The smallest absolute Gasteiger partial charge is 0.164 e. The molecule has 2 fully saturated rings. The predicted octanol–water partition coefficient (Wildman–Crippen LogP) is 4.50. The van der Waals surface area contributed by atoms with Gasteiger partial charge in [0.1, 0.15) is 29.5 Å². The Morgan fingerprint density at radius 2 is 1.74 bits per heavy atom. The van der Waals surface area contributed by atoms with Gasteiger partial charge in [0.15, 0.2) is 5.65 Å². The van der Waals surface area contributed by atoms with Crippen molar-refractivity contribution in [2.24, 2.45) is 0 Å². The first kappa shape index (κ1) is 24.2. The number of nitrogens with two attached hydrogens (primary N) is 1. The molecule has 3 aromatic heterocycles. The maximum Gasteiger partial charge on any atom is 0.164 e. The van der Waals surface area contributed by atoms with Crippen LogP contribution in [0, 0.1) is 5.82 Å². The Bertz CT molecular complexity index is 1610. The number of nitrogens with zero attached hydrogens (tertiary/aromatic N) is 6. The molecule has 0 unspecified atom stereocenters. The van der Waals surface area contributed by atoms with Crippen molar-refractivity contribution in [1.82, 2.24) is 34.6 Å². The summed E-state index contributed by atoms with van der Waals surface area (Å²) in [6.45, 7) is 3.71. The molecule has 200 valence electrons. The summed E-state index contributed by atoms with van der Waals surface area (Å²) in [6, 6.07) is 13.5. The Morgan fingerprint density at radius 3 is 2.54 bits per heavy atom. The second-order valence-electron chi connectivity index (χ2n) is 10.6. The first-order chi connectivity index (χ1) is 19.1. The van der Waals surface area contributed by atoms with Crippen LogP contribution in [0.4, 0.5) is 10.2 Å². The number of benzene rings is 2. The number of nitrogen functional groups attached to an aromatic ring is 1. The average molecular weight is 527 g/mol. The van der Waals surface area contributed by atoms with Crippen LogP contribution in [-0.2, 0) is 11.2 Å². The molecule has 1 aliphatic carbocycles. The van der Waals surface area contributed by atoms with Crippen molar-refractivity contribution < 1.29 is 9.13 Å². The number of imidazole rings is 1. The zero-order chi connectivity index (χ0) is 26.3. The van der Waals surface area contributed by atoms with Crippen LogP contribution in [0.2, 0.25) is 0 Å². The SMILES string of the molecule is Nc1ncnc2c1c(-c1ccc3nc(Cc4ccc(F)cc4)[nH]c3c1)nn2C1CCC(N2CCOCC2)CC1. The molecule has 0 atom stereocenters. The molecule has 2 aromatic carbocycles. The number of hydrogen-bond acceptors (Lipinski definition) is 7. The molecule has 1 aliphatic heterocycles. The van der Waals surface area contributed by atoms with E-state index in [9.17, 15) is 4.39 Å². The fourth-order valence-electron chi connectivity index (χ4n) is 6.15. The highest BCUT2D eigenvalue weighted by Crippen LogP contribution is 2.37. The van der Waals surface area contributed by atoms with E-state index in [-0.39, 0.29) is 11.9 Å². The molecule has 9 nitrogen and oxygen atoms in total. The molecular formula is C29H31FN8O. The van der Waals surface area contributed by atoms with E-state index in [1.807, 2.05) is 12.1 Å². The Kier molecular flexibility index (Phi) is 6.21. The fourth-order valence-corrected chi connectivity index (χ4v) is 6.15. The molecule has 1 saturated carbocycles. The minimum atomic E-state index is -0.243. The molecule has 7 rings (SSSR count). The third-order valence-corrected chi connectivity index (χ3v) is 8.18. The minimum absolute atomic E-state index is 0.243. The van der Waals surface area contributed by atoms with Crippen molar-refractivity contribution in [2.75, 3.05) is 32.0 Å². The number of aromatic amines is 1. The molecular weight excluding hydrogens is 495 g/mol. The summed E-state index contributed by atoms with van der Waals surface area (Å²) >= 11 is 0. The van der Waals surface area contributed by atoms with E-state index in [1.165, 1.54) is 18.5 Å². The number of anilines is 1. The van der Waals surface area contributed by atoms with E-state index >= 15 is 0 Å². The highest BCUT2D eigenvalue weighted by Gasteiger charge is 2.30. The van der Waals surface area contributed by atoms with Gasteiger partial charge in [-0.05, 0) is 55.5 Å². The summed E-state index contributed by atoms with van der Waals surface area (Å²) in [4.78, 5) is 19.7. The number of fused-ring (bicyclic) bond motifs is 2. The zero-order valence-electron chi connectivity index (χ0n) is 21.7. The minimum Gasteiger partial charge on any atom is -0.383 e. The Balaban J connectivity index is 1.18. The topological polar surface area (TPSA) is 111 Å². The number of ether oxygens (including phenoxy) is 1. The van der Waals surface area contributed by atoms with Gasteiger partial charge < -0.3 is 15.5 Å². The summed E-state index contributed by atoms with van der Waals surface area (Å²) < 4.78 is 20.9. The van der Waals surface area contributed by atoms with Crippen LogP contribution < -0.4 is 5.73 Å². The molecule has 0 spiro atoms. The largest absolute Gasteiger partial charge is 0.383 e. The van der Waals surface area contributed by atoms with Crippen molar-refractivity contribution in [1.29, 1.82) is 0 Å². The molecule has 0 radical (unpaired) electrons. The molecule has 39 heavy (non-hydrogen) atoms. The number of H-pyrrole nitrogens is 1. The molecule has 1 saturated heterocycles. The number of morpholine rings is 1. The summed E-state index contributed by atoms with van der Waals surface area (Å²) in [5.74, 6) is 1.02. The molecule has 3 N–H and O–H groups in total. The quantitative estimate of drug-likeness (QED) is 0.347. The van der Waals surface area contributed by atoms with E-state index in [0.717, 1.165) is 96.7 Å². The van der Waals surface area contributed by atoms with Gasteiger partial charge in [0.05, 0.1) is 35.7 Å². The van der Waals surface area contributed by atoms with Crippen molar-refractivity contribution in [2.45, 2.75) is 44.2 Å². The molecule has 0 bridgehead atoms. The molecule has 0 amide bonds. The van der Waals surface area contributed by atoms with Crippen molar-refractivity contribution in [3.8, 4) is 11.3 Å². The second kappa shape index (κ2) is 10.0. The fraction of sp³-hybridized carbons (Fsp3) is 0.379. The normalized spacial score (nSPS) is 20.6. The summed E-state index contributed by atoms with van der Waals surface area (Å²) in [7, 11) is 0. The van der Waals surface area contributed by atoms with Crippen molar-refractivity contribution in [3.05, 3.63) is 66.0 Å². The summed E-state index contributed by atoms with van der Waals surface area (Å²) in [5, 5.41) is 5.89. The van der Waals surface area contributed by atoms with Crippen molar-refractivity contribution >= 4 is 27.9 Å². The van der Waals surface area contributed by atoms with Crippen LogP contribution in [0.15, 0.2) is 48.8 Å². The highest BCUT2D eigenvalue weighted by molar-refractivity contribution is 5.99. The third-order valence-electron chi connectivity index (χ3n) is 8.18. The number of rotatable bonds is 5. The van der Waals surface area contributed by atoms with Crippen molar-refractivity contribution in [3.63, 3.8) is 0 Å². The standard InChI is InChI=1S/C29H31FN8O/c30-20-4-1-18(2-5-20)15-25-34-23-10-3-19(16-24(23)35-25)27-26-28(31)32-17-33-29(26)38(36-27)22-8-6-21(7-9-22)37-11-13-39-14-12-37/h1-5,10,16-17,21-22H,6-9,11-15H2,(H,34,35)(H2,31,32,33). The van der Waals surface area contributed by atoms with Gasteiger partial charge in [-0.25, -0.2) is 24.0 Å². The van der Waals surface area contributed by atoms with Gasteiger partial charge in [0.2, 0.25) is 0 Å². The Hall–Kier alpha value is -3.89. The lowest BCUT2D eigenvalue weighted by molar-refractivity contribution is 0.00520. The highest BCUT2D eigenvalue weighted by atomic mass is 19.1. The number of nitrogens with one attached hydrogen (secondary N) is 1. The lowest BCUT2D eigenvalue weighted by Gasteiger charge is -2.38. The maximum atomic E-state index is 13.3. The van der Waals surface area contributed by atoms with Gasteiger partial charge in [-0.2, -0.15) is 5.10 Å². The first-order valence-electron chi connectivity index (χ1n) is 13.7. The number of hydrogen-bond donors (Lipinski definition) is 2. The van der Waals surface area contributed by atoms with Crippen LogP contribution in [0.1, 0.15) is 43.1 Å². The van der Waals surface area contributed by atoms with E-state index in [4.69, 9.17) is 20.6 Å². The third kappa shape index (κ3) is 4.63. The lowest BCUT2D eigenvalue weighted by Crippen LogP contribution is -2.45. The van der Waals surface area contributed by atoms with Gasteiger partial charge >= 0.3 is 0 Å². The van der Waals surface area contributed by atoms with E-state index in [2.05, 4.69) is 30.6 Å². The monoisotopic (exact) mass is 526 g/mol. The van der Waals surface area contributed by atoms with E-state index < -0.39 is 0 Å². The van der Waals surface area contributed by atoms with Crippen LogP contribution in [-0.4, -0.2) is 67.0 Å². The van der Waals surface area contributed by atoms with E-state index in [1.54, 1.807) is 12.1 Å². The molecule has 4 heterocycles. The number of halogens is 1. The first-order valence-corrected chi connectivity index (χ1v) is 13.7. The molecule has 2 aliphatic rings. The summed E-state index contributed by atoms with van der Waals surface area (Å²) in [6.07, 6.45) is 6.50. The van der Waals surface area contributed by atoms with Gasteiger partial charge in [0, 0.05) is 31.1 Å². The van der Waals surface area contributed by atoms with Gasteiger partial charge in [-0.3, -0.25) is 4.90 Å². The van der Waals surface area contributed by atoms with Crippen LogP contribution >= 0.6 is 0 Å².